The molecule has 6 heteroatoms. The highest BCUT2D eigenvalue weighted by Crippen LogP contribution is 2.22. The second-order valence-corrected chi connectivity index (χ2v) is 6.05. The lowest BCUT2D eigenvalue weighted by atomic mass is 10.2. The van der Waals surface area contributed by atoms with Crippen LogP contribution in [0.25, 0.3) is 0 Å². The lowest BCUT2D eigenvalue weighted by Gasteiger charge is -2.10. The van der Waals surface area contributed by atoms with Gasteiger partial charge in [-0.2, -0.15) is 5.26 Å². The van der Waals surface area contributed by atoms with Gasteiger partial charge in [0.25, 0.3) is 0 Å². The molecule has 2 N–H and O–H groups in total. The number of rotatable bonds is 4. The van der Waals surface area contributed by atoms with Crippen molar-refractivity contribution in [1.29, 1.82) is 5.26 Å². The smallest absolute Gasteiger partial charge is 0.136 e. The molecule has 1 aromatic heterocycles. The molecule has 0 bridgehead atoms. The van der Waals surface area contributed by atoms with Crippen molar-refractivity contribution in [1.82, 2.24) is 9.97 Å². The van der Waals surface area contributed by atoms with Crippen LogP contribution in [-0.4, -0.2) is 9.97 Å². The van der Waals surface area contributed by atoms with E-state index in [2.05, 4.69) is 42.6 Å². The molecule has 3 rings (SSSR count). The zero-order valence-electron chi connectivity index (χ0n) is 12.9. The molecule has 1 heterocycles. The molecule has 24 heavy (non-hydrogen) atoms. The van der Waals surface area contributed by atoms with Crippen molar-refractivity contribution in [3.63, 3.8) is 0 Å². The van der Waals surface area contributed by atoms with Gasteiger partial charge in [-0.3, -0.25) is 0 Å². The molecule has 0 radical (unpaired) electrons. The van der Waals surface area contributed by atoms with Crippen molar-refractivity contribution >= 4 is 38.9 Å². The first-order valence-corrected chi connectivity index (χ1v) is 8.07. The monoisotopic (exact) mass is 379 g/mol. The van der Waals surface area contributed by atoms with Gasteiger partial charge < -0.3 is 10.6 Å². The lowest BCUT2D eigenvalue weighted by molar-refractivity contribution is 1.06. The summed E-state index contributed by atoms with van der Waals surface area (Å²) in [6.07, 6.45) is 0. The molecule has 0 aliphatic rings. The van der Waals surface area contributed by atoms with Gasteiger partial charge in [-0.1, -0.05) is 22.0 Å². The second-order valence-electron chi connectivity index (χ2n) is 5.14. The first-order chi connectivity index (χ1) is 11.6. The zero-order chi connectivity index (χ0) is 16.9. The van der Waals surface area contributed by atoms with E-state index in [1.165, 1.54) is 0 Å². The molecule has 0 atom stereocenters. The van der Waals surface area contributed by atoms with Crippen LogP contribution in [0.5, 0.6) is 0 Å². The van der Waals surface area contributed by atoms with Gasteiger partial charge in [-0.05, 0) is 49.4 Å². The maximum Gasteiger partial charge on any atom is 0.136 e. The summed E-state index contributed by atoms with van der Waals surface area (Å²) in [6, 6.07) is 19.0. The van der Waals surface area contributed by atoms with Gasteiger partial charge in [0.2, 0.25) is 0 Å². The van der Waals surface area contributed by atoms with Crippen molar-refractivity contribution in [2.45, 2.75) is 6.92 Å². The fourth-order valence-electron chi connectivity index (χ4n) is 2.19. The summed E-state index contributed by atoms with van der Waals surface area (Å²) >= 11 is 3.45. The Morgan fingerprint density at radius 3 is 2.21 bits per heavy atom. The molecular formula is C18H14BrN5. The third kappa shape index (κ3) is 4.09. The molecule has 0 fully saturated rings. The summed E-state index contributed by atoms with van der Waals surface area (Å²) in [4.78, 5) is 8.80. The van der Waals surface area contributed by atoms with Crippen LogP contribution in [0.15, 0.2) is 59.1 Å². The number of nitrogens with one attached hydrogen (secondary N) is 2. The molecule has 0 aliphatic carbocycles. The maximum absolute atomic E-state index is 8.85. The van der Waals surface area contributed by atoms with Crippen molar-refractivity contribution in [3.05, 3.63) is 70.5 Å². The molecule has 2 aromatic carbocycles. The molecule has 0 spiro atoms. The van der Waals surface area contributed by atoms with Crippen LogP contribution < -0.4 is 10.6 Å². The topological polar surface area (TPSA) is 73.6 Å². The predicted octanol–water partition coefficient (Wildman–Crippen LogP) is 4.91. The van der Waals surface area contributed by atoms with E-state index in [9.17, 15) is 0 Å². The number of hydrogen-bond acceptors (Lipinski definition) is 5. The Bertz CT molecular complexity index is 900. The van der Waals surface area contributed by atoms with E-state index in [-0.39, 0.29) is 0 Å². The molecule has 0 amide bonds. The Hall–Kier alpha value is -2.91. The predicted molar refractivity (Wildman–Crippen MR) is 98.6 cm³/mol. The fourth-order valence-corrected chi connectivity index (χ4v) is 2.59. The number of halogens is 1. The highest BCUT2D eigenvalue weighted by molar-refractivity contribution is 9.10. The highest BCUT2D eigenvalue weighted by atomic mass is 79.9. The van der Waals surface area contributed by atoms with Gasteiger partial charge in [0, 0.05) is 21.9 Å². The van der Waals surface area contributed by atoms with Gasteiger partial charge in [0.15, 0.2) is 0 Å². The van der Waals surface area contributed by atoms with Crippen LogP contribution in [0.4, 0.5) is 23.0 Å². The van der Waals surface area contributed by atoms with Gasteiger partial charge in [0.1, 0.15) is 17.5 Å². The van der Waals surface area contributed by atoms with Gasteiger partial charge in [-0.15, -0.1) is 0 Å². The minimum Gasteiger partial charge on any atom is -0.340 e. The summed E-state index contributed by atoms with van der Waals surface area (Å²) in [5, 5.41) is 15.3. The molecule has 0 unspecified atom stereocenters. The van der Waals surface area contributed by atoms with E-state index in [0.717, 1.165) is 15.8 Å². The van der Waals surface area contributed by atoms with E-state index in [0.29, 0.717) is 23.0 Å². The average Bonchev–Trinajstić information content (AvgIpc) is 2.55. The number of nitriles is 1. The molecule has 5 nitrogen and oxygen atoms in total. The van der Waals surface area contributed by atoms with Crippen molar-refractivity contribution in [3.8, 4) is 6.07 Å². The number of aryl methyl sites for hydroxylation is 1. The SMILES string of the molecule is Cc1nc(Nc2ccc(C#N)cc2)cc(Nc2cccc(Br)c2)n1. The van der Waals surface area contributed by atoms with Crippen molar-refractivity contribution < 1.29 is 0 Å². The molecule has 0 saturated heterocycles. The number of hydrogen-bond donors (Lipinski definition) is 2. The molecule has 0 saturated carbocycles. The summed E-state index contributed by atoms with van der Waals surface area (Å²) in [6.45, 7) is 1.84. The quantitative estimate of drug-likeness (QED) is 0.673. The van der Waals surface area contributed by atoms with Gasteiger partial charge >= 0.3 is 0 Å². The lowest BCUT2D eigenvalue weighted by Crippen LogP contribution is -2.01. The molecule has 118 valence electrons. The summed E-state index contributed by atoms with van der Waals surface area (Å²) < 4.78 is 0.995. The zero-order valence-corrected chi connectivity index (χ0v) is 14.5. The van der Waals surface area contributed by atoms with Crippen molar-refractivity contribution in [2.75, 3.05) is 10.6 Å². The Kier molecular flexibility index (Phi) is 4.73. The van der Waals surface area contributed by atoms with Crippen LogP contribution in [-0.2, 0) is 0 Å². The first-order valence-electron chi connectivity index (χ1n) is 7.28. The van der Waals surface area contributed by atoms with Gasteiger partial charge in [-0.25, -0.2) is 9.97 Å². The van der Waals surface area contributed by atoms with Crippen LogP contribution in [0.3, 0.4) is 0 Å². The van der Waals surface area contributed by atoms with Crippen LogP contribution in [0, 0.1) is 18.3 Å². The first kappa shape index (κ1) is 16.0. The Labute approximate surface area is 148 Å². The average molecular weight is 380 g/mol. The largest absolute Gasteiger partial charge is 0.340 e. The Balaban J connectivity index is 1.81. The van der Waals surface area contributed by atoms with E-state index >= 15 is 0 Å². The second kappa shape index (κ2) is 7.11. The summed E-state index contributed by atoms with van der Waals surface area (Å²) in [7, 11) is 0. The highest BCUT2D eigenvalue weighted by Gasteiger charge is 2.04. The molecule has 3 aromatic rings. The van der Waals surface area contributed by atoms with Gasteiger partial charge in [0.05, 0.1) is 11.6 Å². The van der Waals surface area contributed by atoms with Crippen LogP contribution in [0.1, 0.15) is 11.4 Å². The van der Waals surface area contributed by atoms with Crippen LogP contribution in [0.2, 0.25) is 0 Å². The normalized spacial score (nSPS) is 10.0. The molecule has 0 aliphatic heterocycles. The third-order valence-electron chi connectivity index (χ3n) is 3.22. The maximum atomic E-state index is 8.85. The number of nitrogens with zero attached hydrogens (tertiary/aromatic N) is 3. The van der Waals surface area contributed by atoms with Crippen LogP contribution >= 0.6 is 15.9 Å². The number of aromatic nitrogens is 2. The minimum absolute atomic E-state index is 0.622. The summed E-state index contributed by atoms with van der Waals surface area (Å²) in [5.74, 6) is 2.05. The van der Waals surface area contributed by atoms with E-state index < -0.39 is 0 Å². The third-order valence-corrected chi connectivity index (χ3v) is 3.71. The number of benzene rings is 2. The minimum atomic E-state index is 0.622. The Morgan fingerprint density at radius 1 is 0.917 bits per heavy atom. The van der Waals surface area contributed by atoms with E-state index in [1.807, 2.05) is 49.4 Å². The fraction of sp³-hybridized carbons (Fsp3) is 0.0556. The molecular weight excluding hydrogens is 366 g/mol. The standard InChI is InChI=1S/C18H14BrN5/c1-12-21-17(23-15-7-5-13(11-20)6-8-15)10-18(22-12)24-16-4-2-3-14(19)9-16/h2-10H,1H3,(H2,21,22,23,24). The Morgan fingerprint density at radius 2 is 1.58 bits per heavy atom. The number of anilines is 4. The van der Waals surface area contributed by atoms with Crippen molar-refractivity contribution in [2.24, 2.45) is 0 Å². The summed E-state index contributed by atoms with van der Waals surface area (Å²) in [5.41, 5.74) is 2.42. The van der Waals surface area contributed by atoms with E-state index in [4.69, 9.17) is 5.26 Å². The van der Waals surface area contributed by atoms with E-state index in [1.54, 1.807) is 12.1 Å².